The van der Waals surface area contributed by atoms with Gasteiger partial charge in [0.15, 0.2) is 6.61 Å². The summed E-state index contributed by atoms with van der Waals surface area (Å²) in [4.78, 5) is 12.1. The molecule has 0 bridgehead atoms. The van der Waals surface area contributed by atoms with Gasteiger partial charge in [0.2, 0.25) is 0 Å². The molecule has 23 heavy (non-hydrogen) atoms. The highest BCUT2D eigenvalue weighted by atomic mass is 35.5. The first-order valence-corrected chi connectivity index (χ1v) is 7.68. The normalized spacial score (nSPS) is 10.5. The second-order valence-electron chi connectivity index (χ2n) is 5.27. The number of benzene rings is 3. The molecule has 0 saturated carbocycles. The zero-order valence-corrected chi connectivity index (χ0v) is 13.4. The summed E-state index contributed by atoms with van der Waals surface area (Å²) < 4.78 is 5.52. The van der Waals surface area contributed by atoms with Crippen LogP contribution in [-0.4, -0.2) is 12.5 Å². The number of halogens is 1. The summed E-state index contributed by atoms with van der Waals surface area (Å²) in [6.45, 7) is 1.84. The maximum atomic E-state index is 12.1. The van der Waals surface area contributed by atoms with Crippen molar-refractivity contribution in [1.29, 1.82) is 0 Å². The molecule has 1 N–H and O–H groups in total. The van der Waals surface area contributed by atoms with E-state index in [0.29, 0.717) is 10.8 Å². The maximum absolute atomic E-state index is 12.1. The number of fused-ring (bicyclic) bond motifs is 1. The van der Waals surface area contributed by atoms with Gasteiger partial charge < -0.3 is 10.1 Å². The number of anilines is 1. The summed E-state index contributed by atoms with van der Waals surface area (Å²) >= 11 is 5.97. The fraction of sp³-hybridized carbons (Fsp3) is 0.105. The molecule has 0 saturated heterocycles. The number of ether oxygens (including phenoxy) is 1. The molecular weight excluding hydrogens is 310 g/mol. The third kappa shape index (κ3) is 3.63. The minimum Gasteiger partial charge on any atom is -0.484 e. The fourth-order valence-corrected chi connectivity index (χ4v) is 2.49. The average Bonchev–Trinajstić information content (AvgIpc) is 2.56. The zero-order chi connectivity index (χ0) is 16.2. The van der Waals surface area contributed by atoms with Gasteiger partial charge in [-0.1, -0.05) is 48.0 Å². The first kappa shape index (κ1) is 15.4. The summed E-state index contributed by atoms with van der Waals surface area (Å²) in [5, 5.41) is 5.66. The fourth-order valence-electron chi connectivity index (χ4n) is 2.38. The molecule has 3 aromatic rings. The van der Waals surface area contributed by atoms with E-state index in [1.54, 1.807) is 12.1 Å². The molecule has 3 aromatic carbocycles. The van der Waals surface area contributed by atoms with E-state index in [1.165, 1.54) is 0 Å². The SMILES string of the molecule is Cc1cc(OCC(=O)Nc2cccc3ccccc23)ccc1Cl. The lowest BCUT2D eigenvalue weighted by Gasteiger charge is -2.10. The quantitative estimate of drug-likeness (QED) is 0.747. The number of amides is 1. The van der Waals surface area contributed by atoms with Crippen molar-refractivity contribution < 1.29 is 9.53 Å². The highest BCUT2D eigenvalue weighted by Crippen LogP contribution is 2.23. The number of carbonyl (C=O) groups excluding carboxylic acids is 1. The molecule has 0 aliphatic heterocycles. The van der Waals surface area contributed by atoms with Crippen molar-refractivity contribution in [3.63, 3.8) is 0 Å². The predicted molar refractivity (Wildman–Crippen MR) is 94.3 cm³/mol. The second kappa shape index (κ2) is 6.71. The molecule has 0 fully saturated rings. The molecule has 0 spiro atoms. The summed E-state index contributed by atoms with van der Waals surface area (Å²) in [6, 6.07) is 19.0. The Hall–Kier alpha value is -2.52. The van der Waals surface area contributed by atoms with Gasteiger partial charge in [0.05, 0.1) is 0 Å². The second-order valence-corrected chi connectivity index (χ2v) is 5.68. The van der Waals surface area contributed by atoms with Crippen molar-refractivity contribution in [2.45, 2.75) is 6.92 Å². The van der Waals surface area contributed by atoms with E-state index in [4.69, 9.17) is 16.3 Å². The van der Waals surface area contributed by atoms with Gasteiger partial charge in [-0.25, -0.2) is 0 Å². The smallest absolute Gasteiger partial charge is 0.262 e. The van der Waals surface area contributed by atoms with Crippen LogP contribution in [-0.2, 0) is 4.79 Å². The topological polar surface area (TPSA) is 38.3 Å². The van der Waals surface area contributed by atoms with Crippen LogP contribution in [0.2, 0.25) is 5.02 Å². The molecule has 0 heterocycles. The van der Waals surface area contributed by atoms with Crippen molar-refractivity contribution in [3.8, 4) is 5.75 Å². The largest absolute Gasteiger partial charge is 0.484 e. The van der Waals surface area contributed by atoms with Gasteiger partial charge in [0.25, 0.3) is 5.91 Å². The first-order chi connectivity index (χ1) is 11.1. The molecule has 3 nitrogen and oxygen atoms in total. The molecule has 4 heteroatoms. The molecule has 0 radical (unpaired) electrons. The summed E-state index contributed by atoms with van der Waals surface area (Å²) in [5.41, 5.74) is 1.70. The van der Waals surface area contributed by atoms with E-state index in [1.807, 2.05) is 55.5 Å². The summed E-state index contributed by atoms with van der Waals surface area (Å²) in [6.07, 6.45) is 0. The van der Waals surface area contributed by atoms with Crippen molar-refractivity contribution in [1.82, 2.24) is 0 Å². The zero-order valence-electron chi connectivity index (χ0n) is 12.7. The molecule has 0 aliphatic rings. The Kier molecular flexibility index (Phi) is 4.49. The van der Waals surface area contributed by atoms with Crippen LogP contribution < -0.4 is 10.1 Å². The Morgan fingerprint density at radius 3 is 2.70 bits per heavy atom. The summed E-state index contributed by atoms with van der Waals surface area (Å²) in [7, 11) is 0. The molecule has 1 amide bonds. The number of hydrogen-bond acceptors (Lipinski definition) is 2. The molecule has 0 unspecified atom stereocenters. The number of nitrogens with one attached hydrogen (secondary N) is 1. The third-order valence-corrected chi connectivity index (χ3v) is 3.99. The van der Waals surface area contributed by atoms with Crippen LogP contribution in [0.25, 0.3) is 10.8 Å². The van der Waals surface area contributed by atoms with Gasteiger partial charge in [-0.05, 0) is 42.1 Å². The van der Waals surface area contributed by atoms with E-state index >= 15 is 0 Å². The highest BCUT2D eigenvalue weighted by molar-refractivity contribution is 6.31. The van der Waals surface area contributed by atoms with Crippen molar-refractivity contribution >= 4 is 34.0 Å². The molecule has 3 rings (SSSR count). The Bertz CT molecular complexity index is 856. The molecule has 0 aliphatic carbocycles. The minimum absolute atomic E-state index is 0.0513. The van der Waals surface area contributed by atoms with E-state index in [9.17, 15) is 4.79 Å². The summed E-state index contributed by atoms with van der Waals surface area (Å²) in [5.74, 6) is 0.425. The molecule has 0 atom stereocenters. The standard InChI is InChI=1S/C19H16ClNO2/c1-13-11-15(9-10-17(13)20)23-12-19(22)21-18-8-4-6-14-5-2-3-7-16(14)18/h2-11H,12H2,1H3,(H,21,22). The number of hydrogen-bond donors (Lipinski definition) is 1. The number of aryl methyl sites for hydroxylation is 1. The van der Waals surface area contributed by atoms with E-state index < -0.39 is 0 Å². The van der Waals surface area contributed by atoms with Crippen LogP contribution >= 0.6 is 11.6 Å². The van der Waals surface area contributed by atoms with E-state index in [-0.39, 0.29) is 12.5 Å². The monoisotopic (exact) mass is 325 g/mol. The van der Waals surface area contributed by atoms with Crippen LogP contribution in [0.3, 0.4) is 0 Å². The highest BCUT2D eigenvalue weighted by Gasteiger charge is 2.07. The van der Waals surface area contributed by atoms with Crippen molar-refractivity contribution in [2.75, 3.05) is 11.9 Å². The predicted octanol–water partition coefficient (Wildman–Crippen LogP) is 4.82. The number of rotatable bonds is 4. The number of carbonyl (C=O) groups is 1. The van der Waals surface area contributed by atoms with Gasteiger partial charge in [0.1, 0.15) is 5.75 Å². The van der Waals surface area contributed by atoms with Crippen molar-refractivity contribution in [3.05, 3.63) is 71.2 Å². The van der Waals surface area contributed by atoms with Gasteiger partial charge in [-0.15, -0.1) is 0 Å². The lowest BCUT2D eigenvalue weighted by molar-refractivity contribution is -0.118. The minimum atomic E-state index is -0.200. The first-order valence-electron chi connectivity index (χ1n) is 7.30. The van der Waals surface area contributed by atoms with Gasteiger partial charge in [0, 0.05) is 16.1 Å². The average molecular weight is 326 g/mol. The van der Waals surface area contributed by atoms with Crippen molar-refractivity contribution in [2.24, 2.45) is 0 Å². The Balaban J connectivity index is 1.68. The van der Waals surface area contributed by atoms with Crippen LogP contribution in [0.1, 0.15) is 5.56 Å². The molecule has 0 aromatic heterocycles. The lowest BCUT2D eigenvalue weighted by atomic mass is 10.1. The van der Waals surface area contributed by atoms with Crippen LogP contribution in [0.4, 0.5) is 5.69 Å². The molecule has 116 valence electrons. The maximum Gasteiger partial charge on any atom is 0.262 e. The van der Waals surface area contributed by atoms with Gasteiger partial charge >= 0.3 is 0 Å². The lowest BCUT2D eigenvalue weighted by Crippen LogP contribution is -2.20. The third-order valence-electron chi connectivity index (χ3n) is 3.56. The Morgan fingerprint density at radius 1 is 1.09 bits per heavy atom. The van der Waals surface area contributed by atoms with Crippen LogP contribution in [0, 0.1) is 6.92 Å². The Labute approximate surface area is 139 Å². The van der Waals surface area contributed by atoms with E-state index in [2.05, 4.69) is 5.32 Å². The van der Waals surface area contributed by atoms with E-state index in [0.717, 1.165) is 22.0 Å². The van der Waals surface area contributed by atoms with Gasteiger partial charge in [-0.2, -0.15) is 0 Å². The molecular formula is C19H16ClNO2. The van der Waals surface area contributed by atoms with Crippen LogP contribution in [0.5, 0.6) is 5.75 Å². The Morgan fingerprint density at radius 2 is 1.87 bits per heavy atom. The van der Waals surface area contributed by atoms with Crippen LogP contribution in [0.15, 0.2) is 60.7 Å². The van der Waals surface area contributed by atoms with Gasteiger partial charge in [-0.3, -0.25) is 4.79 Å².